The van der Waals surface area contributed by atoms with Crippen molar-refractivity contribution < 1.29 is 14.6 Å². The predicted octanol–water partition coefficient (Wildman–Crippen LogP) is 2.50. The van der Waals surface area contributed by atoms with Crippen molar-refractivity contribution in [2.75, 3.05) is 6.61 Å². The molecule has 0 radical (unpaired) electrons. The van der Waals surface area contributed by atoms with Gasteiger partial charge in [0.05, 0.1) is 5.52 Å². The molecule has 0 aliphatic heterocycles. The molecule has 1 aromatic carbocycles. The first-order chi connectivity index (χ1) is 8.22. The molecular weight excluding hydrogens is 218 g/mol. The molecule has 0 spiro atoms. The van der Waals surface area contributed by atoms with Crippen molar-refractivity contribution in [2.24, 2.45) is 0 Å². The number of para-hydroxylation sites is 1. The van der Waals surface area contributed by atoms with Crippen molar-refractivity contribution in [2.45, 2.75) is 0 Å². The number of carboxylic acids is 1. The van der Waals surface area contributed by atoms with E-state index in [2.05, 4.69) is 11.6 Å². The van der Waals surface area contributed by atoms with Crippen LogP contribution in [-0.2, 0) is 0 Å². The summed E-state index contributed by atoms with van der Waals surface area (Å²) in [4.78, 5) is 15.3. The van der Waals surface area contributed by atoms with Crippen LogP contribution in [0.3, 0.4) is 0 Å². The van der Waals surface area contributed by atoms with Crippen molar-refractivity contribution >= 4 is 16.9 Å². The Hall–Kier alpha value is -2.36. The second-order valence-electron chi connectivity index (χ2n) is 3.44. The van der Waals surface area contributed by atoms with Gasteiger partial charge < -0.3 is 9.84 Å². The maximum Gasteiger partial charge on any atom is 0.341 e. The lowest BCUT2D eigenvalue weighted by molar-refractivity contribution is 0.0692. The molecule has 1 N–H and O–H groups in total. The number of hydrogen-bond acceptors (Lipinski definition) is 3. The summed E-state index contributed by atoms with van der Waals surface area (Å²) in [5.74, 6) is -0.932. The average Bonchev–Trinajstić information content (AvgIpc) is 2.35. The Labute approximate surface area is 98.2 Å². The highest BCUT2D eigenvalue weighted by Crippen LogP contribution is 2.22. The summed E-state index contributed by atoms with van der Waals surface area (Å²) >= 11 is 0. The first-order valence-electron chi connectivity index (χ1n) is 5.09. The first-order valence-corrected chi connectivity index (χ1v) is 5.09. The minimum absolute atomic E-state index is 0.0607. The smallest absolute Gasteiger partial charge is 0.341 e. The average molecular weight is 229 g/mol. The molecular formula is C13H11NO3. The van der Waals surface area contributed by atoms with Gasteiger partial charge in [-0.15, -0.1) is 0 Å². The van der Waals surface area contributed by atoms with Gasteiger partial charge in [0, 0.05) is 5.39 Å². The summed E-state index contributed by atoms with van der Waals surface area (Å²) in [5.41, 5.74) is 0.766. The van der Waals surface area contributed by atoms with Gasteiger partial charge in [-0.1, -0.05) is 30.9 Å². The van der Waals surface area contributed by atoms with Crippen LogP contribution in [-0.4, -0.2) is 22.7 Å². The van der Waals surface area contributed by atoms with Gasteiger partial charge in [-0.3, -0.25) is 0 Å². The van der Waals surface area contributed by atoms with E-state index in [1.807, 2.05) is 24.3 Å². The van der Waals surface area contributed by atoms with E-state index in [-0.39, 0.29) is 18.1 Å². The van der Waals surface area contributed by atoms with Crippen molar-refractivity contribution in [3.8, 4) is 5.88 Å². The van der Waals surface area contributed by atoms with Crippen LogP contribution >= 0.6 is 0 Å². The second kappa shape index (κ2) is 4.65. The Morgan fingerprint density at radius 3 is 2.94 bits per heavy atom. The van der Waals surface area contributed by atoms with Crippen molar-refractivity contribution in [1.82, 2.24) is 4.98 Å². The number of nitrogens with zero attached hydrogens (tertiary/aromatic N) is 1. The fourth-order valence-electron chi connectivity index (χ4n) is 1.50. The van der Waals surface area contributed by atoms with E-state index in [0.717, 1.165) is 5.39 Å². The molecule has 4 heteroatoms. The molecule has 1 aromatic heterocycles. The van der Waals surface area contributed by atoms with Crippen LogP contribution in [0.5, 0.6) is 5.88 Å². The minimum Gasteiger partial charge on any atom is -0.477 e. The summed E-state index contributed by atoms with van der Waals surface area (Å²) in [5, 5.41) is 9.85. The summed E-state index contributed by atoms with van der Waals surface area (Å²) in [6, 6.07) is 8.85. The fourth-order valence-corrected chi connectivity index (χ4v) is 1.50. The van der Waals surface area contributed by atoms with Gasteiger partial charge in [0.25, 0.3) is 0 Å². The summed E-state index contributed by atoms with van der Waals surface area (Å²) in [7, 11) is 0. The predicted molar refractivity (Wildman–Crippen MR) is 64.4 cm³/mol. The number of carbonyl (C=O) groups is 1. The molecule has 0 bridgehead atoms. The van der Waals surface area contributed by atoms with Crippen LogP contribution in [0, 0.1) is 0 Å². The Kier molecular flexibility index (Phi) is 3.05. The number of rotatable bonds is 4. The summed E-state index contributed by atoms with van der Waals surface area (Å²) in [6.07, 6.45) is 1.54. The monoisotopic (exact) mass is 229 g/mol. The van der Waals surface area contributed by atoms with Crippen molar-refractivity contribution in [3.05, 3.63) is 48.6 Å². The summed E-state index contributed by atoms with van der Waals surface area (Å²) in [6.45, 7) is 3.74. The van der Waals surface area contributed by atoms with Gasteiger partial charge in [-0.25, -0.2) is 9.78 Å². The minimum atomic E-state index is -1.05. The van der Waals surface area contributed by atoms with Gasteiger partial charge in [-0.05, 0) is 12.1 Å². The molecule has 0 saturated carbocycles. The van der Waals surface area contributed by atoms with Crippen molar-refractivity contribution in [3.63, 3.8) is 0 Å². The quantitative estimate of drug-likeness (QED) is 0.818. The molecule has 0 aliphatic rings. The normalized spacial score (nSPS) is 10.1. The molecule has 2 rings (SSSR count). The van der Waals surface area contributed by atoms with Gasteiger partial charge in [0.1, 0.15) is 12.2 Å². The van der Waals surface area contributed by atoms with Crippen LogP contribution in [0.2, 0.25) is 0 Å². The van der Waals surface area contributed by atoms with Crippen LogP contribution in [0.25, 0.3) is 10.9 Å². The number of benzene rings is 1. The van der Waals surface area contributed by atoms with E-state index < -0.39 is 5.97 Å². The van der Waals surface area contributed by atoms with Crippen LogP contribution in [0.15, 0.2) is 43.0 Å². The zero-order valence-corrected chi connectivity index (χ0v) is 9.09. The summed E-state index contributed by atoms with van der Waals surface area (Å²) < 4.78 is 5.25. The van der Waals surface area contributed by atoms with E-state index in [9.17, 15) is 4.79 Å². The third-order valence-electron chi connectivity index (χ3n) is 2.26. The number of fused-ring (bicyclic) bond motifs is 1. The highest BCUT2D eigenvalue weighted by atomic mass is 16.5. The molecule has 0 fully saturated rings. The molecule has 0 unspecified atom stereocenters. The van der Waals surface area contributed by atoms with Gasteiger partial charge in [0.15, 0.2) is 0 Å². The SMILES string of the molecule is C=CCOc1nc2ccccc2cc1C(=O)O. The number of hydrogen-bond donors (Lipinski definition) is 1. The molecule has 0 atom stereocenters. The third-order valence-corrected chi connectivity index (χ3v) is 2.26. The lowest BCUT2D eigenvalue weighted by atomic mass is 10.1. The number of ether oxygens (including phenoxy) is 1. The van der Waals surface area contributed by atoms with E-state index in [1.165, 1.54) is 0 Å². The zero-order chi connectivity index (χ0) is 12.3. The highest BCUT2D eigenvalue weighted by molar-refractivity contribution is 5.95. The third kappa shape index (κ3) is 2.25. The maximum absolute atomic E-state index is 11.1. The molecule has 0 amide bonds. The molecule has 17 heavy (non-hydrogen) atoms. The van der Waals surface area contributed by atoms with Gasteiger partial charge >= 0.3 is 5.97 Å². The fraction of sp³-hybridized carbons (Fsp3) is 0.0769. The maximum atomic E-state index is 11.1. The van der Waals surface area contributed by atoms with E-state index in [4.69, 9.17) is 9.84 Å². The van der Waals surface area contributed by atoms with Crippen LogP contribution in [0.1, 0.15) is 10.4 Å². The van der Waals surface area contributed by atoms with Crippen LogP contribution < -0.4 is 4.74 Å². The van der Waals surface area contributed by atoms with E-state index in [0.29, 0.717) is 5.52 Å². The lowest BCUT2D eigenvalue weighted by Gasteiger charge is -2.07. The number of aromatic nitrogens is 1. The van der Waals surface area contributed by atoms with Crippen molar-refractivity contribution in [1.29, 1.82) is 0 Å². The molecule has 86 valence electrons. The Morgan fingerprint density at radius 2 is 2.24 bits per heavy atom. The van der Waals surface area contributed by atoms with E-state index >= 15 is 0 Å². The molecule has 0 saturated heterocycles. The Bertz CT molecular complexity index is 578. The molecule has 4 nitrogen and oxygen atoms in total. The number of aromatic carboxylic acids is 1. The molecule has 2 aromatic rings. The van der Waals surface area contributed by atoms with Gasteiger partial charge in [-0.2, -0.15) is 0 Å². The zero-order valence-electron chi connectivity index (χ0n) is 9.09. The molecule has 0 aliphatic carbocycles. The largest absolute Gasteiger partial charge is 0.477 e. The lowest BCUT2D eigenvalue weighted by Crippen LogP contribution is -2.05. The standard InChI is InChI=1S/C13H11NO3/c1-2-7-17-12-10(13(15)16)8-9-5-3-4-6-11(9)14-12/h2-6,8H,1,7H2,(H,15,16). The Balaban J connectivity index is 2.57. The van der Waals surface area contributed by atoms with E-state index in [1.54, 1.807) is 12.1 Å². The topological polar surface area (TPSA) is 59.4 Å². The number of pyridine rings is 1. The molecule has 1 heterocycles. The van der Waals surface area contributed by atoms with Gasteiger partial charge in [0.2, 0.25) is 5.88 Å². The number of carboxylic acid groups (broad SMARTS) is 1. The second-order valence-corrected chi connectivity index (χ2v) is 3.44. The highest BCUT2D eigenvalue weighted by Gasteiger charge is 2.14. The van der Waals surface area contributed by atoms with Crippen LogP contribution in [0.4, 0.5) is 0 Å². The Morgan fingerprint density at radius 1 is 1.47 bits per heavy atom. The first kappa shape index (κ1) is 11.1.